The van der Waals surface area contributed by atoms with Gasteiger partial charge < -0.3 is 10.1 Å². The lowest BCUT2D eigenvalue weighted by Gasteiger charge is -2.40. The number of hydrogen-bond acceptors (Lipinski definition) is 2. The molecule has 0 amide bonds. The van der Waals surface area contributed by atoms with Crippen LogP contribution >= 0.6 is 0 Å². The van der Waals surface area contributed by atoms with E-state index in [-0.39, 0.29) is 0 Å². The number of allylic oxidation sites excluding steroid dienone is 1. The van der Waals surface area contributed by atoms with Crippen molar-refractivity contribution in [1.29, 1.82) is 0 Å². The highest BCUT2D eigenvalue weighted by Crippen LogP contribution is 2.34. The summed E-state index contributed by atoms with van der Waals surface area (Å²) in [6.07, 6.45) is 7.77. The van der Waals surface area contributed by atoms with Gasteiger partial charge in [-0.05, 0) is 31.1 Å². The normalized spacial score (nSPS) is 37.0. The van der Waals surface area contributed by atoms with E-state index in [2.05, 4.69) is 18.3 Å². The summed E-state index contributed by atoms with van der Waals surface area (Å²) < 4.78 is 5.17. The van der Waals surface area contributed by atoms with E-state index in [1.165, 1.54) is 31.4 Å². The molecule has 14 heavy (non-hydrogen) atoms. The highest BCUT2D eigenvalue weighted by atomic mass is 16.5. The van der Waals surface area contributed by atoms with Crippen LogP contribution in [0.2, 0.25) is 0 Å². The third kappa shape index (κ3) is 1.95. The summed E-state index contributed by atoms with van der Waals surface area (Å²) in [5.74, 6) is 1.70. The summed E-state index contributed by atoms with van der Waals surface area (Å²) in [7, 11) is 1.76. The standard InChI is InChI=1S/C12H21NO/c1-9-4-3-5-10-6-7-11(8-14-2)13-12(9)10/h7,9-10,12-13H,3-6,8H2,1-2H3/t9-,10?,12?/m0/s1. The molecule has 2 rings (SSSR count). The second-order valence-corrected chi connectivity index (χ2v) is 4.74. The van der Waals surface area contributed by atoms with E-state index >= 15 is 0 Å². The van der Waals surface area contributed by atoms with Gasteiger partial charge in [0.05, 0.1) is 6.61 Å². The molecular weight excluding hydrogens is 174 g/mol. The van der Waals surface area contributed by atoms with Crippen LogP contribution in [0, 0.1) is 11.8 Å². The van der Waals surface area contributed by atoms with Crippen LogP contribution in [0.4, 0.5) is 0 Å². The molecule has 0 radical (unpaired) electrons. The highest BCUT2D eigenvalue weighted by molar-refractivity contribution is 5.10. The van der Waals surface area contributed by atoms with E-state index in [0.29, 0.717) is 6.04 Å². The first-order valence-corrected chi connectivity index (χ1v) is 5.75. The zero-order valence-corrected chi connectivity index (χ0v) is 9.25. The number of nitrogens with one attached hydrogen (secondary N) is 1. The number of rotatable bonds is 2. The third-order valence-electron chi connectivity index (χ3n) is 3.67. The summed E-state index contributed by atoms with van der Waals surface area (Å²) in [6, 6.07) is 0.707. The van der Waals surface area contributed by atoms with Gasteiger partial charge in [-0.25, -0.2) is 0 Å². The molecule has 1 aliphatic heterocycles. The average Bonchev–Trinajstić information content (AvgIpc) is 2.20. The summed E-state index contributed by atoms with van der Waals surface area (Å²) >= 11 is 0. The predicted octanol–water partition coefficient (Wildman–Crippen LogP) is 2.31. The molecule has 0 aromatic carbocycles. The highest BCUT2D eigenvalue weighted by Gasteiger charge is 2.32. The maximum absolute atomic E-state index is 5.17. The van der Waals surface area contributed by atoms with Crippen molar-refractivity contribution < 1.29 is 4.74 Å². The van der Waals surface area contributed by atoms with Gasteiger partial charge in [0, 0.05) is 18.8 Å². The second-order valence-electron chi connectivity index (χ2n) is 4.74. The van der Waals surface area contributed by atoms with Gasteiger partial charge in [-0.2, -0.15) is 0 Å². The fourth-order valence-electron chi connectivity index (χ4n) is 2.87. The maximum atomic E-state index is 5.17. The molecule has 1 fully saturated rings. The number of fused-ring (bicyclic) bond motifs is 1. The zero-order chi connectivity index (χ0) is 9.97. The van der Waals surface area contributed by atoms with E-state index in [9.17, 15) is 0 Å². The number of ether oxygens (including phenoxy) is 1. The lowest BCUT2D eigenvalue weighted by molar-refractivity contribution is 0.170. The molecular formula is C12H21NO. The SMILES string of the molecule is COCC1=CCC2CCC[C@H](C)C2N1. The Morgan fingerprint density at radius 3 is 3.14 bits per heavy atom. The molecule has 3 atom stereocenters. The molecule has 1 aliphatic carbocycles. The smallest absolute Gasteiger partial charge is 0.0855 e. The molecule has 1 N–H and O–H groups in total. The van der Waals surface area contributed by atoms with Crippen LogP contribution in [0.1, 0.15) is 32.6 Å². The van der Waals surface area contributed by atoms with Gasteiger partial charge in [0.2, 0.25) is 0 Å². The quantitative estimate of drug-likeness (QED) is 0.730. The molecule has 0 aromatic rings. The minimum Gasteiger partial charge on any atom is -0.383 e. The Kier molecular flexibility index (Phi) is 3.12. The van der Waals surface area contributed by atoms with Crippen molar-refractivity contribution in [3.8, 4) is 0 Å². The summed E-state index contributed by atoms with van der Waals surface area (Å²) in [5, 5.41) is 3.64. The summed E-state index contributed by atoms with van der Waals surface area (Å²) in [4.78, 5) is 0. The fourth-order valence-corrected chi connectivity index (χ4v) is 2.87. The molecule has 2 nitrogen and oxygen atoms in total. The van der Waals surface area contributed by atoms with Crippen molar-refractivity contribution in [2.45, 2.75) is 38.6 Å². The first-order chi connectivity index (χ1) is 6.81. The molecule has 1 saturated carbocycles. The minimum absolute atomic E-state index is 0.707. The Balaban J connectivity index is 2.00. The van der Waals surface area contributed by atoms with Gasteiger partial charge >= 0.3 is 0 Å². The van der Waals surface area contributed by atoms with Gasteiger partial charge in [0.1, 0.15) is 0 Å². The lowest BCUT2D eigenvalue weighted by atomic mass is 9.74. The Hall–Kier alpha value is -0.500. The molecule has 0 aromatic heterocycles. The van der Waals surface area contributed by atoms with Crippen LogP contribution in [0.3, 0.4) is 0 Å². The molecule has 0 bridgehead atoms. The molecule has 2 aliphatic rings. The molecule has 0 saturated heterocycles. The first kappa shape index (κ1) is 10.0. The predicted molar refractivity (Wildman–Crippen MR) is 58.0 cm³/mol. The monoisotopic (exact) mass is 195 g/mol. The van der Waals surface area contributed by atoms with E-state index in [1.807, 2.05) is 0 Å². The van der Waals surface area contributed by atoms with Crippen LogP contribution in [0.5, 0.6) is 0 Å². The van der Waals surface area contributed by atoms with Crippen LogP contribution in [0.15, 0.2) is 11.8 Å². The molecule has 2 heteroatoms. The van der Waals surface area contributed by atoms with Crippen molar-refractivity contribution >= 4 is 0 Å². The maximum Gasteiger partial charge on any atom is 0.0855 e. The number of methoxy groups -OCH3 is 1. The molecule has 1 heterocycles. The van der Waals surface area contributed by atoms with Crippen LogP contribution in [-0.4, -0.2) is 19.8 Å². The molecule has 80 valence electrons. The first-order valence-electron chi connectivity index (χ1n) is 5.75. The topological polar surface area (TPSA) is 21.3 Å². The van der Waals surface area contributed by atoms with Crippen molar-refractivity contribution in [2.24, 2.45) is 11.8 Å². The fraction of sp³-hybridized carbons (Fsp3) is 0.833. The van der Waals surface area contributed by atoms with Gasteiger partial charge in [-0.15, -0.1) is 0 Å². The zero-order valence-electron chi connectivity index (χ0n) is 9.25. The Morgan fingerprint density at radius 1 is 1.50 bits per heavy atom. The Labute approximate surface area is 86.7 Å². The van der Waals surface area contributed by atoms with E-state index in [1.54, 1.807) is 7.11 Å². The minimum atomic E-state index is 0.707. The van der Waals surface area contributed by atoms with Crippen molar-refractivity contribution in [1.82, 2.24) is 5.32 Å². The molecule has 2 unspecified atom stereocenters. The van der Waals surface area contributed by atoms with Gasteiger partial charge in [0.15, 0.2) is 0 Å². The number of hydrogen-bond donors (Lipinski definition) is 1. The van der Waals surface area contributed by atoms with Crippen molar-refractivity contribution in [2.75, 3.05) is 13.7 Å². The van der Waals surface area contributed by atoms with Gasteiger partial charge in [0.25, 0.3) is 0 Å². The second kappa shape index (κ2) is 4.35. The third-order valence-corrected chi connectivity index (χ3v) is 3.67. The summed E-state index contributed by atoms with van der Waals surface area (Å²) in [5.41, 5.74) is 1.29. The van der Waals surface area contributed by atoms with Crippen LogP contribution < -0.4 is 5.32 Å². The Bertz CT molecular complexity index is 224. The summed E-state index contributed by atoms with van der Waals surface area (Å²) in [6.45, 7) is 3.12. The van der Waals surface area contributed by atoms with Crippen molar-refractivity contribution in [3.05, 3.63) is 11.8 Å². The van der Waals surface area contributed by atoms with E-state index < -0.39 is 0 Å². The Morgan fingerprint density at radius 2 is 2.36 bits per heavy atom. The van der Waals surface area contributed by atoms with Crippen LogP contribution in [-0.2, 0) is 4.74 Å². The van der Waals surface area contributed by atoms with E-state index in [4.69, 9.17) is 4.74 Å². The van der Waals surface area contributed by atoms with Gasteiger partial charge in [-0.3, -0.25) is 0 Å². The largest absolute Gasteiger partial charge is 0.383 e. The average molecular weight is 195 g/mol. The van der Waals surface area contributed by atoms with Gasteiger partial charge in [-0.1, -0.05) is 19.4 Å². The lowest BCUT2D eigenvalue weighted by Crippen LogP contribution is -2.46. The van der Waals surface area contributed by atoms with E-state index in [0.717, 1.165) is 18.4 Å². The molecule has 0 spiro atoms. The van der Waals surface area contributed by atoms with Crippen LogP contribution in [0.25, 0.3) is 0 Å². The van der Waals surface area contributed by atoms with Crippen molar-refractivity contribution in [3.63, 3.8) is 0 Å².